The minimum atomic E-state index is -2.23. The predicted molar refractivity (Wildman–Crippen MR) is 77.0 cm³/mol. The molecule has 122 valence electrons. The number of hydrazone groups is 1. The molecule has 0 aliphatic heterocycles. The largest absolute Gasteiger partial charge is 0.259 e. The molecule has 1 heterocycles. The van der Waals surface area contributed by atoms with Crippen LogP contribution in [-0.2, 0) is 0 Å². The van der Waals surface area contributed by atoms with E-state index in [0.29, 0.717) is 11.6 Å². The molecule has 9 heteroatoms. The normalized spacial score (nSPS) is 11.4. The predicted octanol–water partition coefficient (Wildman–Crippen LogP) is 3.77. The van der Waals surface area contributed by atoms with Crippen LogP contribution in [0.25, 0.3) is 10.8 Å². The van der Waals surface area contributed by atoms with Gasteiger partial charge in [0, 0.05) is 10.8 Å². The first-order valence-electron chi connectivity index (χ1n) is 6.51. The van der Waals surface area contributed by atoms with Crippen molar-refractivity contribution < 1.29 is 22.0 Å². The zero-order chi connectivity index (χ0) is 17.3. The number of nitrogens with zero attached hydrogens (tertiary/aromatic N) is 3. The molecular formula is C15H7F5N4. The lowest BCUT2D eigenvalue weighted by atomic mass is 10.2. The van der Waals surface area contributed by atoms with Crippen LogP contribution in [0.15, 0.2) is 35.6 Å². The van der Waals surface area contributed by atoms with Gasteiger partial charge in [-0.3, -0.25) is 5.43 Å². The Hall–Kier alpha value is -3.10. The lowest BCUT2D eigenvalue weighted by Crippen LogP contribution is -2.07. The molecule has 0 spiro atoms. The maximum Gasteiger partial charge on any atom is 0.200 e. The van der Waals surface area contributed by atoms with E-state index in [-0.39, 0.29) is 5.82 Å². The van der Waals surface area contributed by atoms with Gasteiger partial charge >= 0.3 is 0 Å². The van der Waals surface area contributed by atoms with E-state index < -0.39 is 34.6 Å². The van der Waals surface area contributed by atoms with E-state index in [2.05, 4.69) is 20.7 Å². The highest BCUT2D eigenvalue weighted by Gasteiger charge is 2.24. The standard InChI is InChI=1S/C15H7F5N4/c16-10-9(11(17)13(19)14(20)12(10)18)6-22-24-15-8-4-2-1-3-7(8)5-21-23-15/h1-6H,(H,23,24)/b22-6+. The Morgan fingerprint density at radius 1 is 0.875 bits per heavy atom. The van der Waals surface area contributed by atoms with Gasteiger partial charge in [-0.25, -0.2) is 22.0 Å². The summed E-state index contributed by atoms with van der Waals surface area (Å²) in [4.78, 5) is 0. The van der Waals surface area contributed by atoms with Crippen LogP contribution in [0.5, 0.6) is 0 Å². The molecule has 0 saturated heterocycles. The minimum absolute atomic E-state index is 0.160. The molecule has 0 radical (unpaired) electrons. The highest BCUT2D eigenvalue weighted by Crippen LogP contribution is 2.22. The smallest absolute Gasteiger partial charge is 0.200 e. The minimum Gasteiger partial charge on any atom is -0.259 e. The summed E-state index contributed by atoms with van der Waals surface area (Å²) in [5.74, 6) is -10.1. The van der Waals surface area contributed by atoms with E-state index in [9.17, 15) is 22.0 Å². The summed E-state index contributed by atoms with van der Waals surface area (Å²) in [6.07, 6.45) is 1.98. The van der Waals surface area contributed by atoms with Gasteiger partial charge in [-0.15, -0.1) is 5.10 Å². The van der Waals surface area contributed by atoms with Crippen LogP contribution in [0.4, 0.5) is 27.8 Å². The molecule has 0 aliphatic carbocycles. The molecule has 3 aromatic rings. The zero-order valence-corrected chi connectivity index (χ0v) is 11.7. The quantitative estimate of drug-likeness (QED) is 0.260. The Labute approximate surface area is 131 Å². The number of hydrogen-bond acceptors (Lipinski definition) is 4. The van der Waals surface area contributed by atoms with Crippen molar-refractivity contribution in [2.75, 3.05) is 5.43 Å². The summed E-state index contributed by atoms with van der Waals surface area (Å²) in [6.45, 7) is 0. The van der Waals surface area contributed by atoms with Crippen molar-refractivity contribution in [3.05, 3.63) is 65.1 Å². The number of hydrogen-bond donors (Lipinski definition) is 1. The number of fused-ring (bicyclic) bond motifs is 1. The van der Waals surface area contributed by atoms with Gasteiger partial charge in [0.15, 0.2) is 29.1 Å². The molecule has 0 bridgehead atoms. The number of nitrogens with one attached hydrogen (secondary N) is 1. The third-order valence-corrected chi connectivity index (χ3v) is 3.18. The van der Waals surface area contributed by atoms with Crippen molar-refractivity contribution >= 4 is 22.8 Å². The van der Waals surface area contributed by atoms with Crippen molar-refractivity contribution in [2.24, 2.45) is 5.10 Å². The van der Waals surface area contributed by atoms with Crippen LogP contribution in [0, 0.1) is 29.1 Å². The van der Waals surface area contributed by atoms with Crippen LogP contribution in [0.2, 0.25) is 0 Å². The molecule has 0 amide bonds. The molecule has 1 aromatic heterocycles. The van der Waals surface area contributed by atoms with E-state index in [0.717, 1.165) is 5.39 Å². The second-order valence-corrected chi connectivity index (χ2v) is 4.63. The Balaban J connectivity index is 1.95. The fourth-order valence-corrected chi connectivity index (χ4v) is 2.00. The van der Waals surface area contributed by atoms with E-state index in [1.54, 1.807) is 24.3 Å². The molecule has 24 heavy (non-hydrogen) atoms. The topological polar surface area (TPSA) is 50.2 Å². The zero-order valence-electron chi connectivity index (χ0n) is 11.7. The van der Waals surface area contributed by atoms with Crippen molar-refractivity contribution in [3.8, 4) is 0 Å². The summed E-state index contributed by atoms with van der Waals surface area (Å²) in [5.41, 5.74) is 1.21. The summed E-state index contributed by atoms with van der Waals surface area (Å²) in [7, 11) is 0. The Kier molecular flexibility index (Phi) is 4.07. The number of halogens is 5. The van der Waals surface area contributed by atoms with E-state index in [4.69, 9.17) is 0 Å². The molecule has 2 aromatic carbocycles. The molecule has 0 fully saturated rings. The Morgan fingerprint density at radius 2 is 1.50 bits per heavy atom. The summed E-state index contributed by atoms with van der Waals surface area (Å²) >= 11 is 0. The van der Waals surface area contributed by atoms with Gasteiger partial charge in [0.1, 0.15) is 0 Å². The van der Waals surface area contributed by atoms with Gasteiger partial charge in [-0.2, -0.15) is 10.2 Å². The van der Waals surface area contributed by atoms with Gasteiger partial charge in [-0.05, 0) is 0 Å². The van der Waals surface area contributed by atoms with E-state index in [1.807, 2.05) is 0 Å². The maximum absolute atomic E-state index is 13.5. The fourth-order valence-electron chi connectivity index (χ4n) is 2.00. The lowest BCUT2D eigenvalue weighted by Gasteiger charge is -2.05. The SMILES string of the molecule is Fc1c(F)c(F)c(/C=N/Nc2nncc3ccccc23)c(F)c1F. The van der Waals surface area contributed by atoms with Crippen molar-refractivity contribution in [3.63, 3.8) is 0 Å². The molecule has 0 unspecified atom stereocenters. The molecule has 0 saturated carbocycles. The average Bonchev–Trinajstić information content (AvgIpc) is 2.61. The number of aromatic nitrogens is 2. The first kappa shape index (κ1) is 15.8. The number of rotatable bonds is 3. The third kappa shape index (κ3) is 2.64. The van der Waals surface area contributed by atoms with E-state index in [1.165, 1.54) is 6.20 Å². The van der Waals surface area contributed by atoms with Gasteiger partial charge in [0.2, 0.25) is 5.82 Å². The Morgan fingerprint density at radius 3 is 2.21 bits per heavy atom. The van der Waals surface area contributed by atoms with Crippen LogP contribution in [0.1, 0.15) is 5.56 Å². The number of anilines is 1. The van der Waals surface area contributed by atoms with Crippen molar-refractivity contribution in [2.45, 2.75) is 0 Å². The second kappa shape index (κ2) is 6.19. The van der Waals surface area contributed by atoms with Crippen molar-refractivity contribution in [1.29, 1.82) is 0 Å². The van der Waals surface area contributed by atoms with Crippen LogP contribution in [-0.4, -0.2) is 16.4 Å². The molecule has 4 nitrogen and oxygen atoms in total. The highest BCUT2D eigenvalue weighted by molar-refractivity contribution is 5.91. The van der Waals surface area contributed by atoms with Gasteiger partial charge in [0.05, 0.1) is 18.0 Å². The summed E-state index contributed by atoms with van der Waals surface area (Å²) in [5, 5.41) is 12.3. The van der Waals surface area contributed by atoms with Crippen LogP contribution < -0.4 is 5.43 Å². The van der Waals surface area contributed by atoms with Crippen LogP contribution >= 0.6 is 0 Å². The van der Waals surface area contributed by atoms with Gasteiger partial charge in [-0.1, -0.05) is 24.3 Å². The van der Waals surface area contributed by atoms with Crippen LogP contribution in [0.3, 0.4) is 0 Å². The summed E-state index contributed by atoms with van der Waals surface area (Å²) in [6, 6.07) is 6.94. The van der Waals surface area contributed by atoms with Crippen molar-refractivity contribution in [1.82, 2.24) is 10.2 Å². The monoisotopic (exact) mass is 338 g/mol. The maximum atomic E-state index is 13.5. The number of benzene rings is 2. The first-order valence-corrected chi connectivity index (χ1v) is 6.51. The molecule has 1 N–H and O–H groups in total. The first-order chi connectivity index (χ1) is 11.5. The third-order valence-electron chi connectivity index (χ3n) is 3.18. The highest BCUT2D eigenvalue weighted by atomic mass is 19.2. The molecule has 0 aliphatic rings. The second-order valence-electron chi connectivity index (χ2n) is 4.63. The van der Waals surface area contributed by atoms with Gasteiger partial charge < -0.3 is 0 Å². The molecule has 3 rings (SSSR count). The van der Waals surface area contributed by atoms with Gasteiger partial charge in [0.25, 0.3) is 0 Å². The molecular weight excluding hydrogens is 331 g/mol. The fraction of sp³-hybridized carbons (Fsp3) is 0. The summed E-state index contributed by atoms with van der Waals surface area (Å²) < 4.78 is 66.2. The average molecular weight is 338 g/mol. The van der Waals surface area contributed by atoms with E-state index >= 15 is 0 Å². The Bertz CT molecular complexity index is 924. The lowest BCUT2D eigenvalue weighted by molar-refractivity contribution is 0.377. The molecule has 0 atom stereocenters.